The van der Waals surface area contributed by atoms with Crippen molar-refractivity contribution < 1.29 is 9.90 Å². The number of hydrogen-bond acceptors (Lipinski definition) is 5. The molecule has 1 fully saturated rings. The van der Waals surface area contributed by atoms with E-state index < -0.39 is 5.97 Å². The van der Waals surface area contributed by atoms with Gasteiger partial charge in [-0.2, -0.15) is 11.8 Å². The monoisotopic (exact) mass is 300 g/mol. The summed E-state index contributed by atoms with van der Waals surface area (Å²) in [6.07, 6.45) is 0.230. The van der Waals surface area contributed by atoms with Crippen LogP contribution in [0.5, 0.6) is 0 Å². The Morgan fingerprint density at radius 1 is 1.58 bits per heavy atom. The summed E-state index contributed by atoms with van der Waals surface area (Å²) in [6, 6.07) is 0.393. The van der Waals surface area contributed by atoms with Gasteiger partial charge < -0.3 is 5.11 Å². The van der Waals surface area contributed by atoms with Crippen molar-refractivity contribution in [3.05, 3.63) is 15.6 Å². The van der Waals surface area contributed by atoms with Crippen molar-refractivity contribution in [3.8, 4) is 0 Å². The van der Waals surface area contributed by atoms with Crippen LogP contribution < -0.4 is 0 Å². The third kappa shape index (κ3) is 3.49. The predicted octanol–water partition coefficient (Wildman–Crippen LogP) is 2.71. The largest absolute Gasteiger partial charge is 0.481 e. The first-order chi connectivity index (χ1) is 8.99. The summed E-state index contributed by atoms with van der Waals surface area (Å²) in [7, 11) is 0. The second kappa shape index (κ2) is 6.24. The van der Waals surface area contributed by atoms with Gasteiger partial charge in [-0.15, -0.1) is 11.3 Å². The SMILES string of the molecule is Cc1nc(C)c(C(C)N2CCSCC2CC(=O)O)s1. The van der Waals surface area contributed by atoms with E-state index in [9.17, 15) is 4.79 Å². The smallest absolute Gasteiger partial charge is 0.304 e. The second-order valence-corrected chi connectivity index (χ2v) is 7.31. The Balaban J connectivity index is 2.17. The fourth-order valence-electron chi connectivity index (χ4n) is 2.64. The van der Waals surface area contributed by atoms with Gasteiger partial charge >= 0.3 is 5.97 Å². The zero-order valence-electron chi connectivity index (χ0n) is 11.5. The van der Waals surface area contributed by atoms with Crippen LogP contribution in [0, 0.1) is 13.8 Å². The van der Waals surface area contributed by atoms with Crippen LogP contribution in [0.4, 0.5) is 0 Å². The van der Waals surface area contributed by atoms with Crippen molar-refractivity contribution in [1.29, 1.82) is 0 Å². The van der Waals surface area contributed by atoms with E-state index in [0.717, 1.165) is 28.8 Å². The van der Waals surface area contributed by atoms with Gasteiger partial charge in [-0.25, -0.2) is 4.98 Å². The van der Waals surface area contributed by atoms with Crippen molar-refractivity contribution in [3.63, 3.8) is 0 Å². The first-order valence-electron chi connectivity index (χ1n) is 6.48. The Morgan fingerprint density at radius 2 is 2.32 bits per heavy atom. The fourth-order valence-corrected chi connectivity index (χ4v) is 4.73. The van der Waals surface area contributed by atoms with Crippen molar-refractivity contribution in [2.75, 3.05) is 18.1 Å². The highest BCUT2D eigenvalue weighted by Gasteiger charge is 2.30. The lowest BCUT2D eigenvalue weighted by Crippen LogP contribution is -2.44. The first-order valence-corrected chi connectivity index (χ1v) is 8.45. The molecule has 0 radical (unpaired) electrons. The molecule has 2 atom stereocenters. The highest BCUT2D eigenvalue weighted by atomic mass is 32.2. The number of nitrogens with zero attached hydrogens (tertiary/aromatic N) is 2. The van der Waals surface area contributed by atoms with E-state index in [1.807, 2.05) is 25.6 Å². The quantitative estimate of drug-likeness (QED) is 0.926. The van der Waals surface area contributed by atoms with E-state index in [-0.39, 0.29) is 18.5 Å². The lowest BCUT2D eigenvalue weighted by molar-refractivity contribution is -0.138. The van der Waals surface area contributed by atoms with Gasteiger partial charge in [0.15, 0.2) is 0 Å². The van der Waals surface area contributed by atoms with Crippen LogP contribution in [0.25, 0.3) is 0 Å². The van der Waals surface area contributed by atoms with Gasteiger partial charge in [-0.3, -0.25) is 9.69 Å². The van der Waals surface area contributed by atoms with Gasteiger partial charge in [0.1, 0.15) is 0 Å². The number of thioether (sulfide) groups is 1. The van der Waals surface area contributed by atoms with Crippen molar-refractivity contribution in [1.82, 2.24) is 9.88 Å². The molecule has 2 rings (SSSR count). The zero-order valence-corrected chi connectivity index (χ0v) is 13.2. The van der Waals surface area contributed by atoms with E-state index >= 15 is 0 Å². The lowest BCUT2D eigenvalue weighted by atomic mass is 10.1. The highest BCUT2D eigenvalue weighted by molar-refractivity contribution is 7.99. The number of rotatable bonds is 4. The van der Waals surface area contributed by atoms with Crippen LogP contribution in [-0.4, -0.2) is 45.1 Å². The Hall–Kier alpha value is -0.590. The van der Waals surface area contributed by atoms with Crippen LogP contribution in [-0.2, 0) is 4.79 Å². The molecule has 1 aromatic heterocycles. The standard InChI is InChI=1S/C13H20N2O2S2/c1-8-13(19-10(3)14-8)9(2)15-4-5-18-7-11(15)6-12(16)17/h9,11H,4-7H2,1-3H3,(H,16,17). The minimum absolute atomic E-state index is 0.132. The van der Waals surface area contributed by atoms with E-state index in [0.29, 0.717) is 0 Å². The van der Waals surface area contributed by atoms with Crippen molar-refractivity contribution in [2.24, 2.45) is 0 Å². The molecule has 0 aliphatic carbocycles. The molecule has 1 aliphatic rings. The average molecular weight is 300 g/mol. The second-order valence-electron chi connectivity index (χ2n) is 4.92. The minimum atomic E-state index is -0.707. The van der Waals surface area contributed by atoms with Gasteiger partial charge in [-0.05, 0) is 20.8 Å². The number of carboxylic acids is 1. The lowest BCUT2D eigenvalue weighted by Gasteiger charge is -2.38. The molecule has 1 aromatic rings. The van der Waals surface area contributed by atoms with Gasteiger partial charge in [0, 0.05) is 35.0 Å². The molecule has 6 heteroatoms. The van der Waals surface area contributed by atoms with Gasteiger partial charge in [-0.1, -0.05) is 0 Å². The molecule has 0 aromatic carbocycles. The van der Waals surface area contributed by atoms with Crippen LogP contribution in [0.3, 0.4) is 0 Å². The molecule has 0 saturated carbocycles. The van der Waals surface area contributed by atoms with Crippen molar-refractivity contribution >= 4 is 29.1 Å². The summed E-state index contributed by atoms with van der Waals surface area (Å²) < 4.78 is 0. The Labute approximate surface area is 122 Å². The number of thiazole rings is 1. The van der Waals surface area contributed by atoms with Gasteiger partial charge in [0.05, 0.1) is 17.1 Å². The maximum absolute atomic E-state index is 11.0. The summed E-state index contributed by atoms with van der Waals surface area (Å²) in [5.41, 5.74) is 1.09. The van der Waals surface area contributed by atoms with E-state index in [4.69, 9.17) is 5.11 Å². The zero-order chi connectivity index (χ0) is 14.0. The molecule has 2 unspecified atom stereocenters. The number of aryl methyl sites for hydroxylation is 2. The molecular formula is C13H20N2O2S2. The molecule has 0 spiro atoms. The summed E-state index contributed by atoms with van der Waals surface area (Å²) in [5.74, 6) is 1.28. The van der Waals surface area contributed by atoms with E-state index in [2.05, 4.69) is 16.8 Å². The highest BCUT2D eigenvalue weighted by Crippen LogP contribution is 2.33. The molecule has 106 valence electrons. The summed E-state index contributed by atoms with van der Waals surface area (Å²) >= 11 is 3.58. The third-order valence-electron chi connectivity index (χ3n) is 3.50. The molecule has 19 heavy (non-hydrogen) atoms. The van der Waals surface area contributed by atoms with Crippen LogP contribution >= 0.6 is 23.1 Å². The summed E-state index contributed by atoms with van der Waals surface area (Å²) in [6.45, 7) is 7.19. The minimum Gasteiger partial charge on any atom is -0.481 e. The number of aromatic nitrogens is 1. The predicted molar refractivity (Wildman–Crippen MR) is 80.1 cm³/mol. The van der Waals surface area contributed by atoms with Gasteiger partial charge in [0.25, 0.3) is 0 Å². The maximum Gasteiger partial charge on any atom is 0.304 e. The Morgan fingerprint density at radius 3 is 2.89 bits per heavy atom. The summed E-state index contributed by atoms with van der Waals surface area (Å²) in [4.78, 5) is 19.1. The third-order valence-corrected chi connectivity index (χ3v) is 5.83. The van der Waals surface area contributed by atoms with Crippen LogP contribution in [0.2, 0.25) is 0 Å². The number of carboxylic acid groups (broad SMARTS) is 1. The first kappa shape index (κ1) is 14.8. The molecule has 1 aliphatic heterocycles. The molecular weight excluding hydrogens is 280 g/mol. The van der Waals surface area contributed by atoms with Crippen molar-refractivity contribution in [2.45, 2.75) is 39.3 Å². The molecule has 2 heterocycles. The Kier molecular flexibility index (Phi) is 4.86. The van der Waals surface area contributed by atoms with Gasteiger partial charge in [0.2, 0.25) is 0 Å². The molecule has 0 bridgehead atoms. The topological polar surface area (TPSA) is 53.4 Å². The number of carbonyl (C=O) groups is 1. The van der Waals surface area contributed by atoms with E-state index in [1.54, 1.807) is 11.3 Å². The average Bonchev–Trinajstić information content (AvgIpc) is 2.67. The molecule has 1 N–H and O–H groups in total. The maximum atomic E-state index is 11.0. The summed E-state index contributed by atoms with van der Waals surface area (Å²) in [5, 5.41) is 10.1. The van der Waals surface area contributed by atoms with Crippen LogP contribution in [0.15, 0.2) is 0 Å². The molecule has 1 saturated heterocycles. The molecule has 0 amide bonds. The molecule has 4 nitrogen and oxygen atoms in total. The van der Waals surface area contributed by atoms with Crippen LogP contribution in [0.1, 0.15) is 35.0 Å². The fraction of sp³-hybridized carbons (Fsp3) is 0.692. The Bertz CT molecular complexity index is 461. The van der Waals surface area contributed by atoms with E-state index in [1.165, 1.54) is 4.88 Å². The normalized spacial score (nSPS) is 22.4. The number of hydrogen-bond donors (Lipinski definition) is 1. The number of aliphatic carboxylic acids is 1.